The Morgan fingerprint density at radius 2 is 2.33 bits per heavy atom. The molecule has 0 bridgehead atoms. The summed E-state index contributed by atoms with van der Waals surface area (Å²) in [4.78, 5) is 10.6. The molecule has 1 N–H and O–H groups in total. The molecule has 0 aliphatic heterocycles. The maximum Gasteiger partial charge on any atom is 0.342 e. The van der Waals surface area contributed by atoms with E-state index in [0.717, 1.165) is 9.13 Å². The number of carbonyl (C=O) groups is 1. The second-order valence-corrected chi connectivity index (χ2v) is 4.01. The lowest BCUT2D eigenvalue weighted by atomic mass is 10.1. The van der Waals surface area contributed by atoms with Crippen LogP contribution in [-0.4, -0.2) is 11.6 Å². The third-order valence-corrected chi connectivity index (χ3v) is 2.34. The van der Waals surface area contributed by atoms with Gasteiger partial charge in [-0.1, -0.05) is 12.1 Å². The minimum absolute atomic E-state index is 0.664. The van der Waals surface area contributed by atoms with E-state index in [1.54, 1.807) is 6.92 Å². The fourth-order valence-corrected chi connectivity index (χ4v) is 1.48. The van der Waals surface area contributed by atoms with Crippen LogP contribution in [0.4, 0.5) is 0 Å². The summed E-state index contributed by atoms with van der Waals surface area (Å²) >= 11 is 2.19. The van der Waals surface area contributed by atoms with Crippen LogP contribution in [0.5, 0.6) is 0 Å². The Hall–Kier alpha value is -1.42. The average molecular weight is 313 g/mol. The highest BCUT2D eigenvalue weighted by Gasteiger charge is 1.99. The van der Waals surface area contributed by atoms with Gasteiger partial charge in [0, 0.05) is 3.57 Å². The molecule has 5 heteroatoms. The quantitative estimate of drug-likeness (QED) is 0.390. The highest BCUT2D eigenvalue weighted by atomic mass is 127. The Kier molecular flexibility index (Phi) is 4.24. The fraction of sp³-hybridized carbons (Fsp3) is 0.100. The van der Waals surface area contributed by atoms with Gasteiger partial charge in [-0.2, -0.15) is 10.4 Å². The maximum atomic E-state index is 10.6. The zero-order valence-corrected chi connectivity index (χ0v) is 10.1. The molecule has 76 valence electrons. The number of carbonyl (C=O) groups excluding carboxylic acids is 1. The Morgan fingerprint density at radius 3 is 2.93 bits per heavy atom. The van der Waals surface area contributed by atoms with Gasteiger partial charge in [-0.25, -0.2) is 5.43 Å². The first kappa shape index (κ1) is 11.7. The lowest BCUT2D eigenvalue weighted by molar-refractivity contribution is -0.115. The van der Waals surface area contributed by atoms with Crippen molar-refractivity contribution in [1.82, 2.24) is 5.43 Å². The van der Waals surface area contributed by atoms with Crippen molar-refractivity contribution < 1.29 is 4.79 Å². The number of halogens is 1. The van der Waals surface area contributed by atoms with Crippen molar-refractivity contribution in [3.8, 4) is 6.07 Å². The molecule has 1 aromatic carbocycles. The van der Waals surface area contributed by atoms with Crippen molar-refractivity contribution in [3.63, 3.8) is 0 Å². The number of benzene rings is 1. The summed E-state index contributed by atoms with van der Waals surface area (Å²) in [5.74, 6) is -0.764. The van der Waals surface area contributed by atoms with E-state index in [1.165, 1.54) is 6.07 Å². The molecule has 15 heavy (non-hydrogen) atoms. The summed E-state index contributed by atoms with van der Waals surface area (Å²) in [5.41, 5.74) is 3.72. The number of nitrogens with one attached hydrogen (secondary N) is 1. The molecule has 0 unspecified atom stereocenters. The Morgan fingerprint density at radius 1 is 1.60 bits per heavy atom. The lowest BCUT2D eigenvalue weighted by Gasteiger charge is -2.00. The SMILES string of the molecule is C/C(=N\NC(=O)C#N)c1cccc(I)c1. The van der Waals surface area contributed by atoms with Crippen LogP contribution in [0.3, 0.4) is 0 Å². The van der Waals surface area contributed by atoms with Gasteiger partial charge in [-0.15, -0.1) is 0 Å². The molecule has 0 fully saturated rings. The van der Waals surface area contributed by atoms with Crippen molar-refractivity contribution in [2.24, 2.45) is 5.10 Å². The van der Waals surface area contributed by atoms with Crippen LogP contribution in [0.15, 0.2) is 29.4 Å². The summed E-state index contributed by atoms with van der Waals surface area (Å²) in [6.07, 6.45) is 0. The Balaban J connectivity index is 2.81. The summed E-state index contributed by atoms with van der Waals surface area (Å²) in [5, 5.41) is 12.0. The molecule has 1 amide bonds. The van der Waals surface area contributed by atoms with Crippen LogP contribution in [0.1, 0.15) is 12.5 Å². The van der Waals surface area contributed by atoms with Crippen LogP contribution in [0, 0.1) is 14.9 Å². The van der Waals surface area contributed by atoms with Crippen molar-refractivity contribution >= 4 is 34.2 Å². The van der Waals surface area contributed by atoms with E-state index in [4.69, 9.17) is 5.26 Å². The van der Waals surface area contributed by atoms with Gasteiger partial charge in [0.1, 0.15) is 0 Å². The average Bonchev–Trinajstić information content (AvgIpc) is 2.25. The number of rotatable bonds is 2. The molecule has 0 saturated heterocycles. The molecule has 0 heterocycles. The first-order valence-electron chi connectivity index (χ1n) is 4.14. The lowest BCUT2D eigenvalue weighted by Crippen LogP contribution is -2.16. The number of hydrazone groups is 1. The van der Waals surface area contributed by atoms with Crippen LogP contribution in [0.25, 0.3) is 0 Å². The van der Waals surface area contributed by atoms with E-state index in [-0.39, 0.29) is 0 Å². The number of nitriles is 1. The number of hydrogen-bond donors (Lipinski definition) is 1. The normalized spacial score (nSPS) is 10.6. The zero-order chi connectivity index (χ0) is 11.3. The van der Waals surface area contributed by atoms with Gasteiger partial charge < -0.3 is 0 Å². The van der Waals surface area contributed by atoms with Crippen molar-refractivity contribution in [2.75, 3.05) is 0 Å². The molecule has 0 aliphatic rings. The smallest absolute Gasteiger partial charge is 0.255 e. The fourth-order valence-electron chi connectivity index (χ4n) is 0.938. The molecule has 0 aromatic heterocycles. The second kappa shape index (κ2) is 5.46. The van der Waals surface area contributed by atoms with E-state index in [0.29, 0.717) is 5.71 Å². The molecule has 0 radical (unpaired) electrons. The minimum Gasteiger partial charge on any atom is -0.255 e. The molecular formula is C10H8IN3O. The van der Waals surface area contributed by atoms with Gasteiger partial charge in [-0.3, -0.25) is 4.79 Å². The van der Waals surface area contributed by atoms with Crippen LogP contribution in [-0.2, 0) is 4.79 Å². The van der Waals surface area contributed by atoms with Crippen molar-refractivity contribution in [2.45, 2.75) is 6.92 Å². The van der Waals surface area contributed by atoms with Gasteiger partial charge in [0.25, 0.3) is 0 Å². The number of nitrogens with zero attached hydrogens (tertiary/aromatic N) is 2. The first-order valence-corrected chi connectivity index (χ1v) is 5.21. The summed E-state index contributed by atoms with van der Waals surface area (Å²) < 4.78 is 1.09. The molecule has 0 spiro atoms. The van der Waals surface area contributed by atoms with Gasteiger partial charge in [-0.05, 0) is 47.2 Å². The van der Waals surface area contributed by atoms with E-state index >= 15 is 0 Å². The van der Waals surface area contributed by atoms with E-state index in [1.807, 2.05) is 24.3 Å². The summed E-state index contributed by atoms with van der Waals surface area (Å²) in [6, 6.07) is 9.12. The summed E-state index contributed by atoms with van der Waals surface area (Å²) in [6.45, 7) is 1.77. The highest BCUT2D eigenvalue weighted by Crippen LogP contribution is 2.08. The van der Waals surface area contributed by atoms with E-state index in [2.05, 4.69) is 33.1 Å². The van der Waals surface area contributed by atoms with Crippen LogP contribution in [0.2, 0.25) is 0 Å². The number of hydrogen-bond acceptors (Lipinski definition) is 3. The molecule has 1 aromatic rings. The van der Waals surface area contributed by atoms with E-state index in [9.17, 15) is 4.79 Å². The van der Waals surface area contributed by atoms with Crippen LogP contribution < -0.4 is 5.43 Å². The number of amides is 1. The maximum absolute atomic E-state index is 10.6. The third-order valence-electron chi connectivity index (χ3n) is 1.67. The van der Waals surface area contributed by atoms with Crippen molar-refractivity contribution in [3.05, 3.63) is 33.4 Å². The van der Waals surface area contributed by atoms with Gasteiger partial charge in [0.15, 0.2) is 6.07 Å². The topological polar surface area (TPSA) is 65.2 Å². The molecule has 0 atom stereocenters. The van der Waals surface area contributed by atoms with Gasteiger partial charge >= 0.3 is 5.91 Å². The van der Waals surface area contributed by atoms with Gasteiger partial charge in [0.2, 0.25) is 0 Å². The Bertz CT molecular complexity index is 448. The second-order valence-electron chi connectivity index (χ2n) is 2.76. The monoisotopic (exact) mass is 313 g/mol. The first-order chi connectivity index (χ1) is 7.13. The predicted molar refractivity (Wildman–Crippen MR) is 65.1 cm³/mol. The van der Waals surface area contributed by atoms with Crippen molar-refractivity contribution in [1.29, 1.82) is 5.26 Å². The highest BCUT2D eigenvalue weighted by molar-refractivity contribution is 14.1. The van der Waals surface area contributed by atoms with E-state index < -0.39 is 5.91 Å². The standard InChI is InChI=1S/C10H8IN3O/c1-7(13-14-10(15)6-12)8-3-2-4-9(11)5-8/h2-5H,1H3,(H,14,15)/b13-7+. The molecular weight excluding hydrogens is 305 g/mol. The molecule has 0 aliphatic carbocycles. The van der Waals surface area contributed by atoms with Gasteiger partial charge in [0.05, 0.1) is 5.71 Å². The zero-order valence-electron chi connectivity index (χ0n) is 7.99. The molecule has 0 saturated carbocycles. The van der Waals surface area contributed by atoms with Crippen LogP contribution >= 0.6 is 22.6 Å². The minimum atomic E-state index is -0.764. The summed E-state index contributed by atoms with van der Waals surface area (Å²) in [7, 11) is 0. The largest absolute Gasteiger partial charge is 0.342 e. The predicted octanol–water partition coefficient (Wildman–Crippen LogP) is 1.65. The Labute approximate surface area is 101 Å². The molecule has 4 nitrogen and oxygen atoms in total. The third kappa shape index (κ3) is 3.67. The molecule has 1 rings (SSSR count).